The van der Waals surface area contributed by atoms with Crippen molar-refractivity contribution in [1.82, 2.24) is 5.32 Å². The molecule has 1 rings (SSSR count). The van der Waals surface area contributed by atoms with Crippen LogP contribution in [0.5, 0.6) is 0 Å². The SMILES string of the molecule is Cc1cc(Br)cc(NC(=O)NCC(C)(O)C(=O)O)c1. The molecule has 0 fully saturated rings. The second-order valence-corrected chi connectivity index (χ2v) is 5.32. The van der Waals surface area contributed by atoms with E-state index in [1.807, 2.05) is 13.0 Å². The predicted octanol–water partition coefficient (Wildman–Crippen LogP) is 1.71. The summed E-state index contributed by atoms with van der Waals surface area (Å²) in [5.41, 5.74) is -0.466. The van der Waals surface area contributed by atoms with Crippen molar-refractivity contribution in [2.45, 2.75) is 19.4 Å². The Balaban J connectivity index is 2.59. The van der Waals surface area contributed by atoms with E-state index in [4.69, 9.17) is 5.11 Å². The zero-order valence-electron chi connectivity index (χ0n) is 10.5. The maximum atomic E-state index is 11.6. The summed E-state index contributed by atoms with van der Waals surface area (Å²) in [4.78, 5) is 22.2. The van der Waals surface area contributed by atoms with Gasteiger partial charge in [0.1, 0.15) is 0 Å². The van der Waals surface area contributed by atoms with Crippen molar-refractivity contribution in [1.29, 1.82) is 0 Å². The van der Waals surface area contributed by atoms with Crippen molar-refractivity contribution >= 4 is 33.6 Å². The fourth-order valence-electron chi connectivity index (χ4n) is 1.31. The summed E-state index contributed by atoms with van der Waals surface area (Å²) in [6, 6.07) is 4.78. The van der Waals surface area contributed by atoms with Crippen LogP contribution in [0.1, 0.15) is 12.5 Å². The number of carboxylic acids is 1. The number of carbonyl (C=O) groups is 2. The van der Waals surface area contributed by atoms with Crippen molar-refractivity contribution in [2.24, 2.45) is 0 Å². The van der Waals surface area contributed by atoms with Gasteiger partial charge in [-0.25, -0.2) is 9.59 Å². The molecule has 2 amide bonds. The summed E-state index contributed by atoms with van der Waals surface area (Å²) < 4.78 is 0.820. The fourth-order valence-corrected chi connectivity index (χ4v) is 1.92. The van der Waals surface area contributed by atoms with Gasteiger partial charge in [0.25, 0.3) is 0 Å². The summed E-state index contributed by atoms with van der Waals surface area (Å²) in [7, 11) is 0. The molecular formula is C12H15BrN2O4. The molecule has 1 aromatic rings. The third-order valence-electron chi connectivity index (χ3n) is 2.35. The van der Waals surface area contributed by atoms with Gasteiger partial charge in [0, 0.05) is 10.2 Å². The molecule has 19 heavy (non-hydrogen) atoms. The molecule has 0 aliphatic heterocycles. The largest absolute Gasteiger partial charge is 0.479 e. The van der Waals surface area contributed by atoms with E-state index in [1.165, 1.54) is 0 Å². The minimum atomic E-state index is -2.00. The number of aliphatic hydroxyl groups is 1. The van der Waals surface area contributed by atoms with Crippen molar-refractivity contribution in [3.8, 4) is 0 Å². The molecule has 1 atom stereocenters. The number of hydrogen-bond acceptors (Lipinski definition) is 3. The molecule has 1 unspecified atom stereocenters. The zero-order valence-corrected chi connectivity index (χ0v) is 12.1. The summed E-state index contributed by atoms with van der Waals surface area (Å²) in [5, 5.41) is 23.0. The van der Waals surface area contributed by atoms with E-state index in [0.717, 1.165) is 17.0 Å². The highest BCUT2D eigenvalue weighted by Gasteiger charge is 2.30. The number of rotatable bonds is 4. The number of aryl methyl sites for hydroxylation is 1. The van der Waals surface area contributed by atoms with Gasteiger partial charge in [-0.1, -0.05) is 15.9 Å². The van der Waals surface area contributed by atoms with Crippen LogP contribution < -0.4 is 10.6 Å². The molecule has 7 heteroatoms. The molecule has 0 radical (unpaired) electrons. The number of urea groups is 1. The number of aliphatic carboxylic acids is 1. The second kappa shape index (κ2) is 6.03. The lowest BCUT2D eigenvalue weighted by Gasteiger charge is -2.18. The number of benzene rings is 1. The monoisotopic (exact) mass is 330 g/mol. The van der Waals surface area contributed by atoms with Gasteiger partial charge < -0.3 is 20.8 Å². The third kappa shape index (κ3) is 4.88. The molecule has 0 aliphatic rings. The Morgan fingerprint density at radius 2 is 2.00 bits per heavy atom. The fraction of sp³-hybridized carbons (Fsp3) is 0.333. The molecule has 0 saturated carbocycles. The van der Waals surface area contributed by atoms with Crippen LogP contribution in [0.4, 0.5) is 10.5 Å². The van der Waals surface area contributed by atoms with Crippen LogP contribution >= 0.6 is 15.9 Å². The quantitative estimate of drug-likeness (QED) is 0.675. The Morgan fingerprint density at radius 1 is 1.37 bits per heavy atom. The van der Waals surface area contributed by atoms with Gasteiger partial charge in [-0.3, -0.25) is 0 Å². The minimum absolute atomic E-state index is 0.388. The number of nitrogens with one attached hydrogen (secondary N) is 2. The lowest BCUT2D eigenvalue weighted by molar-refractivity contribution is -0.155. The third-order valence-corrected chi connectivity index (χ3v) is 2.81. The first-order valence-corrected chi connectivity index (χ1v) is 6.28. The van der Waals surface area contributed by atoms with E-state index >= 15 is 0 Å². The number of halogens is 1. The van der Waals surface area contributed by atoms with Crippen LogP contribution in [-0.2, 0) is 4.79 Å². The highest BCUT2D eigenvalue weighted by Crippen LogP contribution is 2.18. The zero-order chi connectivity index (χ0) is 14.6. The van der Waals surface area contributed by atoms with Crippen molar-refractivity contribution in [3.63, 3.8) is 0 Å². The average Bonchev–Trinajstić information content (AvgIpc) is 2.24. The first-order chi connectivity index (χ1) is 8.70. The summed E-state index contributed by atoms with van der Waals surface area (Å²) >= 11 is 3.30. The summed E-state index contributed by atoms with van der Waals surface area (Å²) in [5.74, 6) is -1.40. The van der Waals surface area contributed by atoms with Gasteiger partial charge >= 0.3 is 12.0 Å². The average molecular weight is 331 g/mol. The highest BCUT2D eigenvalue weighted by molar-refractivity contribution is 9.10. The topological polar surface area (TPSA) is 98.7 Å². The summed E-state index contributed by atoms with van der Waals surface area (Å²) in [6.45, 7) is 2.60. The Kier molecular flexibility index (Phi) is 4.90. The smallest absolute Gasteiger partial charge is 0.337 e. The first kappa shape index (κ1) is 15.5. The van der Waals surface area contributed by atoms with Crippen LogP contribution in [0.15, 0.2) is 22.7 Å². The minimum Gasteiger partial charge on any atom is -0.479 e. The molecule has 6 nitrogen and oxygen atoms in total. The van der Waals surface area contributed by atoms with Crippen molar-refractivity contribution in [3.05, 3.63) is 28.2 Å². The lowest BCUT2D eigenvalue weighted by atomic mass is 10.1. The van der Waals surface area contributed by atoms with E-state index in [1.54, 1.807) is 12.1 Å². The standard InChI is InChI=1S/C12H15BrN2O4/c1-7-3-8(13)5-9(4-7)15-11(18)14-6-12(2,19)10(16)17/h3-5,19H,6H2,1-2H3,(H,16,17)(H2,14,15,18). The number of amides is 2. The second-order valence-electron chi connectivity index (χ2n) is 4.40. The van der Waals surface area contributed by atoms with Crippen LogP contribution in [-0.4, -0.2) is 34.4 Å². The van der Waals surface area contributed by atoms with Crippen LogP contribution in [0.25, 0.3) is 0 Å². The van der Waals surface area contributed by atoms with E-state index in [-0.39, 0.29) is 6.54 Å². The maximum Gasteiger partial charge on any atom is 0.337 e. The normalized spacial score (nSPS) is 13.5. The highest BCUT2D eigenvalue weighted by atomic mass is 79.9. The van der Waals surface area contributed by atoms with E-state index in [9.17, 15) is 14.7 Å². The molecule has 0 aromatic heterocycles. The lowest BCUT2D eigenvalue weighted by Crippen LogP contribution is -2.47. The van der Waals surface area contributed by atoms with Crippen LogP contribution in [0.2, 0.25) is 0 Å². The Morgan fingerprint density at radius 3 is 2.53 bits per heavy atom. The maximum absolute atomic E-state index is 11.6. The van der Waals surface area contributed by atoms with Gasteiger partial charge in [0.15, 0.2) is 5.60 Å². The number of carboxylic acid groups (broad SMARTS) is 1. The van der Waals surface area contributed by atoms with E-state index in [0.29, 0.717) is 5.69 Å². The molecule has 1 aromatic carbocycles. The molecule has 104 valence electrons. The molecule has 0 saturated heterocycles. The molecular weight excluding hydrogens is 316 g/mol. The van der Waals surface area contributed by atoms with Crippen molar-refractivity contribution in [2.75, 3.05) is 11.9 Å². The van der Waals surface area contributed by atoms with Gasteiger partial charge in [0.05, 0.1) is 6.54 Å². The molecule has 0 heterocycles. The van der Waals surface area contributed by atoms with Gasteiger partial charge in [-0.15, -0.1) is 0 Å². The van der Waals surface area contributed by atoms with Gasteiger partial charge in [-0.05, 0) is 37.6 Å². The Hall–Kier alpha value is -1.60. The summed E-state index contributed by atoms with van der Waals surface area (Å²) in [6.07, 6.45) is 0. The van der Waals surface area contributed by atoms with Crippen molar-refractivity contribution < 1.29 is 19.8 Å². The first-order valence-electron chi connectivity index (χ1n) is 5.48. The molecule has 0 spiro atoms. The van der Waals surface area contributed by atoms with Crippen LogP contribution in [0.3, 0.4) is 0 Å². The van der Waals surface area contributed by atoms with Gasteiger partial charge in [0.2, 0.25) is 0 Å². The molecule has 4 N–H and O–H groups in total. The molecule has 0 aliphatic carbocycles. The molecule has 0 bridgehead atoms. The number of anilines is 1. The van der Waals surface area contributed by atoms with Gasteiger partial charge in [-0.2, -0.15) is 0 Å². The number of carbonyl (C=O) groups excluding carboxylic acids is 1. The Bertz CT molecular complexity index is 482. The van der Waals surface area contributed by atoms with Crippen LogP contribution in [0, 0.1) is 6.92 Å². The Labute approximate surface area is 118 Å². The number of hydrogen-bond donors (Lipinski definition) is 4. The predicted molar refractivity (Wildman–Crippen MR) is 74.2 cm³/mol. The van der Waals surface area contributed by atoms with E-state index < -0.39 is 17.6 Å². The van der Waals surface area contributed by atoms with E-state index in [2.05, 4.69) is 26.6 Å².